The summed E-state index contributed by atoms with van der Waals surface area (Å²) in [5, 5.41) is 13.8. The molecule has 4 heterocycles. The maximum absolute atomic E-state index is 13.7. The zero-order valence-electron chi connectivity index (χ0n) is 27.9. The van der Waals surface area contributed by atoms with Crippen LogP contribution in [0.15, 0.2) is 79.1 Å². The molecule has 0 spiro atoms. The lowest BCUT2D eigenvalue weighted by molar-refractivity contribution is -0.135. The van der Waals surface area contributed by atoms with Gasteiger partial charge in [-0.2, -0.15) is 5.10 Å². The molecule has 2 saturated heterocycles. The first-order chi connectivity index (χ1) is 24.2. The molecule has 2 aliphatic heterocycles. The molecule has 2 aliphatic rings. The second kappa shape index (κ2) is 13.7. The normalized spacial score (nSPS) is 19.5. The number of hydrogen-bond acceptors (Lipinski definition) is 8. The van der Waals surface area contributed by atoms with E-state index in [1.807, 2.05) is 35.8 Å². The second-order valence-electron chi connectivity index (χ2n) is 13.1. The monoisotopic (exact) mass is 675 g/mol. The molecule has 0 saturated carbocycles. The van der Waals surface area contributed by atoms with E-state index in [0.29, 0.717) is 56.2 Å². The van der Waals surface area contributed by atoms with Crippen LogP contribution in [0.25, 0.3) is 33.5 Å². The minimum Gasteiger partial charge on any atom is -0.368 e. The Kier molecular flexibility index (Phi) is 8.98. The minimum absolute atomic E-state index is 0.00920. The van der Waals surface area contributed by atoms with E-state index < -0.39 is 5.54 Å². The highest BCUT2D eigenvalue weighted by Gasteiger charge is 2.45. The average Bonchev–Trinajstić information content (AvgIpc) is 3.73. The van der Waals surface area contributed by atoms with Crippen molar-refractivity contribution in [3.8, 4) is 22.6 Å². The summed E-state index contributed by atoms with van der Waals surface area (Å²) in [4.78, 5) is 53.9. The number of aromatic nitrogens is 4. The van der Waals surface area contributed by atoms with Crippen LogP contribution in [0.3, 0.4) is 0 Å². The Balaban J connectivity index is 0.967. The van der Waals surface area contributed by atoms with E-state index in [1.165, 1.54) is 12.1 Å². The number of aryl methyl sites for hydroxylation is 1. The number of amides is 3. The van der Waals surface area contributed by atoms with Crippen LogP contribution >= 0.6 is 0 Å². The van der Waals surface area contributed by atoms with Crippen LogP contribution in [-0.2, 0) is 14.4 Å². The zero-order valence-corrected chi connectivity index (χ0v) is 27.9. The van der Waals surface area contributed by atoms with E-state index >= 15 is 0 Å². The average molecular weight is 676 g/mol. The van der Waals surface area contributed by atoms with Gasteiger partial charge in [-0.15, -0.1) is 0 Å². The van der Waals surface area contributed by atoms with Crippen molar-refractivity contribution in [1.82, 2.24) is 35.3 Å². The molecule has 7 rings (SSSR count). The van der Waals surface area contributed by atoms with Crippen molar-refractivity contribution in [1.29, 1.82) is 0 Å². The van der Waals surface area contributed by atoms with Crippen molar-refractivity contribution in [2.75, 3.05) is 49.5 Å². The number of nitrogens with zero attached hydrogens (tertiary/aromatic N) is 6. The number of nitrogens with one attached hydrogen (secondary N) is 3. The van der Waals surface area contributed by atoms with Crippen molar-refractivity contribution < 1.29 is 18.8 Å². The van der Waals surface area contributed by atoms with Crippen molar-refractivity contribution >= 4 is 40.5 Å². The summed E-state index contributed by atoms with van der Waals surface area (Å²) in [6, 6.07) is 19.6. The summed E-state index contributed by atoms with van der Waals surface area (Å²) in [6.07, 6.45) is 4.51. The molecular formula is C37H38FN9O3. The quantitative estimate of drug-likeness (QED) is 0.199. The van der Waals surface area contributed by atoms with Gasteiger partial charge in [-0.1, -0.05) is 0 Å². The molecule has 3 aromatic carbocycles. The number of benzene rings is 3. The molecule has 2 aromatic heterocycles. The Morgan fingerprint density at radius 1 is 1.00 bits per heavy atom. The van der Waals surface area contributed by atoms with Gasteiger partial charge < -0.3 is 20.4 Å². The molecule has 12 nitrogen and oxygen atoms in total. The molecule has 5 aromatic rings. The molecule has 2 atom stereocenters. The van der Waals surface area contributed by atoms with E-state index in [2.05, 4.69) is 47.8 Å². The van der Waals surface area contributed by atoms with Gasteiger partial charge in [0.15, 0.2) is 5.82 Å². The van der Waals surface area contributed by atoms with Crippen molar-refractivity contribution in [3.05, 3.63) is 90.5 Å². The Morgan fingerprint density at radius 3 is 2.46 bits per heavy atom. The maximum Gasteiger partial charge on any atom is 0.251 e. The number of aromatic amines is 1. The molecule has 3 N–H and O–H groups in total. The largest absolute Gasteiger partial charge is 0.368 e. The Hall–Kier alpha value is -5.69. The van der Waals surface area contributed by atoms with Gasteiger partial charge in [-0.3, -0.25) is 24.4 Å². The number of carbonyl (C=O) groups is 3. The summed E-state index contributed by atoms with van der Waals surface area (Å²) in [5.74, 6) is -0.0326. The molecule has 2 unspecified atom stereocenters. The van der Waals surface area contributed by atoms with Gasteiger partial charge in [-0.05, 0) is 92.6 Å². The fourth-order valence-corrected chi connectivity index (χ4v) is 6.88. The van der Waals surface area contributed by atoms with E-state index in [9.17, 15) is 18.8 Å². The lowest BCUT2D eigenvalue weighted by Gasteiger charge is -2.41. The van der Waals surface area contributed by atoms with Crippen LogP contribution in [0.5, 0.6) is 0 Å². The van der Waals surface area contributed by atoms with Gasteiger partial charge in [-0.25, -0.2) is 14.4 Å². The predicted octanol–water partition coefficient (Wildman–Crippen LogP) is 4.00. The third-order valence-electron chi connectivity index (χ3n) is 9.63. The summed E-state index contributed by atoms with van der Waals surface area (Å²) < 4.78 is 13.5. The van der Waals surface area contributed by atoms with Crippen LogP contribution < -0.4 is 15.5 Å². The van der Waals surface area contributed by atoms with Gasteiger partial charge in [0, 0.05) is 79.0 Å². The van der Waals surface area contributed by atoms with E-state index in [-0.39, 0.29) is 36.8 Å². The fourth-order valence-electron chi connectivity index (χ4n) is 6.88. The molecular weight excluding hydrogens is 637 g/mol. The van der Waals surface area contributed by atoms with Crippen LogP contribution in [0.2, 0.25) is 0 Å². The minimum atomic E-state index is -1.20. The molecule has 13 heteroatoms. The summed E-state index contributed by atoms with van der Waals surface area (Å²) >= 11 is 0. The maximum atomic E-state index is 13.7. The number of fused-ring (bicyclic) bond motifs is 1. The Bertz CT molecular complexity index is 2020. The Labute approximate surface area is 288 Å². The van der Waals surface area contributed by atoms with E-state index in [4.69, 9.17) is 0 Å². The number of anilines is 2. The number of carbonyl (C=O) groups excluding carboxylic acids is 3. The highest BCUT2D eigenvalue weighted by Crippen LogP contribution is 2.30. The predicted molar refractivity (Wildman–Crippen MR) is 189 cm³/mol. The summed E-state index contributed by atoms with van der Waals surface area (Å²) in [6.45, 7) is 6.78. The highest BCUT2D eigenvalue weighted by molar-refractivity contribution is 6.02. The van der Waals surface area contributed by atoms with Crippen LogP contribution in [0, 0.1) is 12.7 Å². The number of likely N-dealkylation sites (tertiary alicyclic amines) is 1. The standard InChI is InChI=1S/C37H38FN9O3/c1-24-18-39-35(40-19-24)27-5-10-30(11-6-27)46-15-16-47(25(2)20-46)33(49)21-45-14-13-37(22-45,41-23-48)36(50)42-29-9-12-32-31(17-29)34(44-43-32)26-3-7-28(38)8-4-26/h3-12,17-19,23,25H,13-16,20-22H2,1-2H3,(H,41,48)(H,42,50)(H,43,44). The molecule has 256 valence electrons. The topological polar surface area (TPSA) is 139 Å². The molecule has 3 amide bonds. The van der Waals surface area contributed by atoms with Crippen molar-refractivity contribution in [3.63, 3.8) is 0 Å². The van der Waals surface area contributed by atoms with Crippen LogP contribution in [0.1, 0.15) is 18.9 Å². The summed E-state index contributed by atoms with van der Waals surface area (Å²) in [5.41, 5.74) is 4.48. The SMILES string of the molecule is Cc1cnc(-c2ccc(N3CCN(C(=O)CN4CCC(NC=O)(C(=O)Nc5ccc6[nH]nc(-c7ccc(F)cc7)c6c5)C4)C(C)C3)cc2)nc1. The first-order valence-electron chi connectivity index (χ1n) is 16.6. The highest BCUT2D eigenvalue weighted by atomic mass is 19.1. The van der Waals surface area contributed by atoms with Crippen LogP contribution in [0.4, 0.5) is 15.8 Å². The number of rotatable bonds is 9. The van der Waals surface area contributed by atoms with E-state index in [0.717, 1.165) is 33.3 Å². The fraction of sp³-hybridized carbons (Fsp3) is 0.297. The van der Waals surface area contributed by atoms with Gasteiger partial charge in [0.2, 0.25) is 12.3 Å². The number of halogens is 1. The van der Waals surface area contributed by atoms with Crippen molar-refractivity contribution in [2.45, 2.75) is 31.8 Å². The molecule has 0 bridgehead atoms. The van der Waals surface area contributed by atoms with Gasteiger partial charge in [0.05, 0.1) is 17.8 Å². The third-order valence-corrected chi connectivity index (χ3v) is 9.63. The molecule has 0 radical (unpaired) electrons. The second-order valence-corrected chi connectivity index (χ2v) is 13.1. The van der Waals surface area contributed by atoms with Crippen LogP contribution in [-0.4, -0.2) is 99.0 Å². The number of piperazine rings is 1. The first kappa shape index (κ1) is 32.8. The molecule has 2 fully saturated rings. The summed E-state index contributed by atoms with van der Waals surface area (Å²) in [7, 11) is 0. The van der Waals surface area contributed by atoms with E-state index in [1.54, 1.807) is 42.7 Å². The van der Waals surface area contributed by atoms with Gasteiger partial charge >= 0.3 is 0 Å². The smallest absolute Gasteiger partial charge is 0.251 e. The molecule has 50 heavy (non-hydrogen) atoms. The zero-order chi connectivity index (χ0) is 34.8. The number of hydrogen-bond donors (Lipinski definition) is 3. The lowest BCUT2D eigenvalue weighted by atomic mass is 9.97. The molecule has 0 aliphatic carbocycles. The van der Waals surface area contributed by atoms with Crippen molar-refractivity contribution in [2.24, 2.45) is 0 Å². The first-order valence-corrected chi connectivity index (χ1v) is 16.6. The third kappa shape index (κ3) is 6.64. The van der Waals surface area contributed by atoms with Gasteiger partial charge in [0.25, 0.3) is 5.91 Å². The Morgan fingerprint density at radius 2 is 1.74 bits per heavy atom. The van der Waals surface area contributed by atoms with Gasteiger partial charge in [0.1, 0.15) is 11.4 Å². The lowest BCUT2D eigenvalue weighted by Crippen LogP contribution is -2.58. The number of H-pyrrole nitrogens is 1.